The van der Waals surface area contributed by atoms with Crippen LogP contribution >= 0.6 is 46.4 Å². The lowest BCUT2D eigenvalue weighted by atomic mass is 9.94. The van der Waals surface area contributed by atoms with Gasteiger partial charge in [0, 0.05) is 0 Å². The highest BCUT2D eigenvalue weighted by molar-refractivity contribution is 6.42. The average Bonchev–Trinajstić information content (AvgIpc) is 2.63. The highest BCUT2D eigenvalue weighted by atomic mass is 35.5. The molecule has 2 aromatic rings. The molecule has 1 aliphatic heterocycles. The molecule has 27 heavy (non-hydrogen) atoms. The number of hydrogen-bond acceptors (Lipinski definition) is 4. The van der Waals surface area contributed by atoms with E-state index < -0.39 is 29.8 Å². The SMILES string of the molecule is Cc1cccc(C2C(Cl)C(=O)N2NC(=O)COc2nc(Cl)c(Cl)cc2Cl)c1. The Morgan fingerprint density at radius 1 is 1.26 bits per heavy atom. The number of carbonyl (C=O) groups excluding carboxylic acids is 2. The van der Waals surface area contributed by atoms with E-state index in [2.05, 4.69) is 10.4 Å². The van der Waals surface area contributed by atoms with Crippen LogP contribution in [0.15, 0.2) is 30.3 Å². The van der Waals surface area contributed by atoms with Gasteiger partial charge in [-0.2, -0.15) is 4.98 Å². The lowest BCUT2D eigenvalue weighted by Crippen LogP contribution is -2.63. The summed E-state index contributed by atoms with van der Waals surface area (Å²) in [5, 5.41) is 0.703. The maximum atomic E-state index is 12.2. The molecule has 2 heterocycles. The number of β-lactam (4-membered cyclic amide) rings is 1. The Morgan fingerprint density at radius 2 is 2.00 bits per heavy atom. The molecule has 1 aromatic carbocycles. The lowest BCUT2D eigenvalue weighted by molar-refractivity contribution is -0.157. The molecule has 0 radical (unpaired) electrons. The smallest absolute Gasteiger partial charge is 0.276 e. The van der Waals surface area contributed by atoms with Crippen LogP contribution in [-0.2, 0) is 9.59 Å². The minimum Gasteiger partial charge on any atom is -0.466 e. The highest BCUT2D eigenvalue weighted by Crippen LogP contribution is 2.37. The van der Waals surface area contributed by atoms with E-state index >= 15 is 0 Å². The quantitative estimate of drug-likeness (QED) is 0.427. The molecule has 1 fully saturated rings. The molecule has 2 unspecified atom stereocenters. The predicted molar refractivity (Wildman–Crippen MR) is 103 cm³/mol. The molecular weight excluding hydrogens is 436 g/mol. The number of pyridine rings is 1. The van der Waals surface area contributed by atoms with Crippen LogP contribution in [0.25, 0.3) is 0 Å². The van der Waals surface area contributed by atoms with Gasteiger partial charge in [-0.05, 0) is 18.6 Å². The summed E-state index contributed by atoms with van der Waals surface area (Å²) >= 11 is 23.7. The summed E-state index contributed by atoms with van der Waals surface area (Å²) in [6.07, 6.45) is 0. The molecule has 1 aliphatic rings. The number of amides is 2. The van der Waals surface area contributed by atoms with Crippen molar-refractivity contribution >= 4 is 58.2 Å². The van der Waals surface area contributed by atoms with Gasteiger partial charge >= 0.3 is 0 Å². The van der Waals surface area contributed by atoms with Crippen molar-refractivity contribution in [2.24, 2.45) is 0 Å². The van der Waals surface area contributed by atoms with Crippen molar-refractivity contribution in [1.82, 2.24) is 15.4 Å². The van der Waals surface area contributed by atoms with Gasteiger partial charge in [0.2, 0.25) is 5.88 Å². The van der Waals surface area contributed by atoms with Gasteiger partial charge in [-0.3, -0.25) is 15.0 Å². The Morgan fingerprint density at radius 3 is 2.70 bits per heavy atom. The molecule has 2 atom stereocenters. The number of nitrogens with one attached hydrogen (secondary N) is 1. The summed E-state index contributed by atoms with van der Waals surface area (Å²) in [6.45, 7) is 1.50. The van der Waals surface area contributed by atoms with Gasteiger partial charge in [0.15, 0.2) is 11.8 Å². The van der Waals surface area contributed by atoms with Gasteiger partial charge < -0.3 is 4.74 Å². The van der Waals surface area contributed by atoms with Crippen molar-refractivity contribution in [2.75, 3.05) is 6.61 Å². The Bertz CT molecular complexity index is 909. The Kier molecular flexibility index (Phi) is 6.01. The van der Waals surface area contributed by atoms with Crippen molar-refractivity contribution in [3.05, 3.63) is 56.7 Å². The topological polar surface area (TPSA) is 71.5 Å². The fourth-order valence-electron chi connectivity index (χ4n) is 2.58. The molecule has 1 aromatic heterocycles. The molecule has 0 spiro atoms. The highest BCUT2D eigenvalue weighted by Gasteiger charge is 2.48. The number of hydrogen-bond donors (Lipinski definition) is 1. The molecule has 3 rings (SSSR count). The number of benzene rings is 1. The zero-order chi connectivity index (χ0) is 19.7. The second kappa shape index (κ2) is 8.10. The molecule has 1 N–H and O–H groups in total. The Balaban J connectivity index is 1.65. The second-order valence-electron chi connectivity index (χ2n) is 5.84. The van der Waals surface area contributed by atoms with E-state index in [-0.39, 0.29) is 21.1 Å². The molecule has 0 aliphatic carbocycles. The zero-order valence-corrected chi connectivity index (χ0v) is 16.9. The van der Waals surface area contributed by atoms with Crippen LogP contribution in [0.3, 0.4) is 0 Å². The van der Waals surface area contributed by atoms with Crippen molar-refractivity contribution in [1.29, 1.82) is 0 Å². The first kappa shape index (κ1) is 20.0. The lowest BCUT2D eigenvalue weighted by Gasteiger charge is -2.43. The van der Waals surface area contributed by atoms with Gasteiger partial charge in [0.05, 0.1) is 5.02 Å². The summed E-state index contributed by atoms with van der Waals surface area (Å²) in [5.74, 6) is -1.02. The number of ether oxygens (including phenoxy) is 1. The van der Waals surface area contributed by atoms with Crippen LogP contribution < -0.4 is 10.2 Å². The number of carbonyl (C=O) groups is 2. The number of hydrazine groups is 1. The fourth-order valence-corrected chi connectivity index (χ4v) is 3.49. The molecule has 1 saturated heterocycles. The van der Waals surface area contributed by atoms with Crippen LogP contribution in [-0.4, -0.2) is 33.8 Å². The number of aromatic nitrogens is 1. The molecule has 142 valence electrons. The standard InChI is InChI=1S/C17H13Cl4N3O3/c1-8-3-2-4-9(5-8)14-13(20)17(26)24(14)23-12(25)7-27-16-11(19)6-10(18)15(21)22-16/h2-6,13-14H,7H2,1H3,(H,23,25). The monoisotopic (exact) mass is 447 g/mol. The maximum absolute atomic E-state index is 12.2. The van der Waals surface area contributed by atoms with Gasteiger partial charge in [-0.1, -0.05) is 64.6 Å². The minimum absolute atomic E-state index is 0.00103. The van der Waals surface area contributed by atoms with Crippen molar-refractivity contribution < 1.29 is 14.3 Å². The van der Waals surface area contributed by atoms with E-state index in [0.717, 1.165) is 11.1 Å². The first-order valence-electron chi connectivity index (χ1n) is 7.75. The third-order valence-corrected chi connectivity index (χ3v) is 5.22. The number of halogens is 4. The molecule has 0 bridgehead atoms. The normalized spacial score (nSPS) is 18.9. The minimum atomic E-state index is -0.751. The number of alkyl halides is 1. The van der Waals surface area contributed by atoms with E-state index in [1.807, 2.05) is 31.2 Å². The van der Waals surface area contributed by atoms with Gasteiger partial charge in [0.25, 0.3) is 11.8 Å². The Hall–Kier alpha value is -1.73. The first-order valence-corrected chi connectivity index (χ1v) is 9.32. The number of rotatable bonds is 5. The summed E-state index contributed by atoms with van der Waals surface area (Å²) in [5.41, 5.74) is 4.33. The van der Waals surface area contributed by atoms with E-state index in [1.54, 1.807) is 0 Å². The van der Waals surface area contributed by atoms with Gasteiger partial charge in [-0.15, -0.1) is 11.6 Å². The molecule has 2 amide bonds. The summed E-state index contributed by atoms with van der Waals surface area (Å²) in [6, 6.07) is 8.43. The van der Waals surface area contributed by atoms with Crippen LogP contribution in [0.1, 0.15) is 17.2 Å². The van der Waals surface area contributed by atoms with E-state index in [0.29, 0.717) is 0 Å². The maximum Gasteiger partial charge on any atom is 0.276 e. The first-order chi connectivity index (χ1) is 12.8. The average molecular weight is 449 g/mol. The molecule has 10 heteroatoms. The molecular formula is C17H13Cl4N3O3. The zero-order valence-electron chi connectivity index (χ0n) is 13.9. The van der Waals surface area contributed by atoms with Gasteiger partial charge in [-0.25, -0.2) is 5.01 Å². The molecule has 0 saturated carbocycles. The van der Waals surface area contributed by atoms with Crippen LogP contribution in [0, 0.1) is 6.92 Å². The van der Waals surface area contributed by atoms with E-state index in [4.69, 9.17) is 51.1 Å². The number of nitrogens with zero attached hydrogens (tertiary/aromatic N) is 2. The number of aryl methyl sites for hydroxylation is 1. The van der Waals surface area contributed by atoms with Crippen molar-refractivity contribution in [3.8, 4) is 5.88 Å². The summed E-state index contributed by atoms with van der Waals surface area (Å²) in [7, 11) is 0. The van der Waals surface area contributed by atoms with Crippen LogP contribution in [0.5, 0.6) is 5.88 Å². The van der Waals surface area contributed by atoms with Gasteiger partial charge in [0.1, 0.15) is 16.4 Å². The van der Waals surface area contributed by atoms with Crippen molar-refractivity contribution in [3.63, 3.8) is 0 Å². The largest absolute Gasteiger partial charge is 0.466 e. The van der Waals surface area contributed by atoms with Crippen LogP contribution in [0.2, 0.25) is 15.2 Å². The Labute approximate surface area is 175 Å². The predicted octanol–water partition coefficient (Wildman–Crippen LogP) is 3.95. The fraction of sp³-hybridized carbons (Fsp3) is 0.235. The van der Waals surface area contributed by atoms with E-state index in [9.17, 15) is 9.59 Å². The van der Waals surface area contributed by atoms with Crippen LogP contribution in [0.4, 0.5) is 0 Å². The van der Waals surface area contributed by atoms with E-state index in [1.165, 1.54) is 11.1 Å². The second-order valence-corrected chi connectivity index (χ2v) is 7.48. The van der Waals surface area contributed by atoms with Crippen molar-refractivity contribution in [2.45, 2.75) is 18.3 Å². The summed E-state index contributed by atoms with van der Waals surface area (Å²) < 4.78 is 5.26. The third-order valence-electron chi connectivity index (χ3n) is 3.85. The summed E-state index contributed by atoms with van der Waals surface area (Å²) in [4.78, 5) is 28.1. The molecule has 6 nitrogen and oxygen atoms in total. The third kappa shape index (κ3) is 4.24.